The van der Waals surface area contributed by atoms with Gasteiger partial charge >= 0.3 is 6.03 Å². The molecule has 1 heterocycles. The van der Waals surface area contributed by atoms with Crippen LogP contribution in [0.3, 0.4) is 0 Å². The number of hydrogen-bond donors (Lipinski definition) is 1. The highest BCUT2D eigenvalue weighted by atomic mass is 16.2. The van der Waals surface area contributed by atoms with Crippen molar-refractivity contribution >= 4 is 17.4 Å². The summed E-state index contributed by atoms with van der Waals surface area (Å²) < 4.78 is 0. The zero-order chi connectivity index (χ0) is 16.6. The second-order valence-electron chi connectivity index (χ2n) is 7.11. The molecule has 0 aliphatic carbocycles. The molecule has 2 aromatic rings. The Morgan fingerprint density at radius 3 is 2.57 bits per heavy atom. The molecule has 120 valence electrons. The van der Waals surface area contributed by atoms with Crippen LogP contribution >= 0.6 is 0 Å². The summed E-state index contributed by atoms with van der Waals surface area (Å²) in [5, 5.41) is 3.03. The molecule has 3 heteroatoms. The maximum atomic E-state index is 13.0. The number of carbonyl (C=O) groups is 1. The smallest absolute Gasteiger partial charge is 0.308 e. The molecule has 1 aliphatic heterocycles. The van der Waals surface area contributed by atoms with Crippen molar-refractivity contribution in [1.29, 1.82) is 0 Å². The number of hydrogen-bond acceptors (Lipinski definition) is 1. The van der Waals surface area contributed by atoms with E-state index in [1.807, 2.05) is 35.2 Å². The van der Waals surface area contributed by atoms with Gasteiger partial charge in [0.05, 0.1) is 0 Å². The molecule has 0 saturated carbocycles. The molecule has 1 N–H and O–H groups in total. The number of benzene rings is 2. The average Bonchev–Trinajstić information content (AvgIpc) is 2.46. The molecule has 1 unspecified atom stereocenters. The molecular weight excluding hydrogens is 284 g/mol. The van der Waals surface area contributed by atoms with Crippen LogP contribution < -0.4 is 10.2 Å². The van der Waals surface area contributed by atoms with E-state index < -0.39 is 0 Å². The fourth-order valence-electron chi connectivity index (χ4n) is 3.63. The topological polar surface area (TPSA) is 32.3 Å². The van der Waals surface area contributed by atoms with Gasteiger partial charge in [0, 0.05) is 16.9 Å². The van der Waals surface area contributed by atoms with Gasteiger partial charge < -0.3 is 5.32 Å². The molecule has 0 spiro atoms. The van der Waals surface area contributed by atoms with E-state index in [0.717, 1.165) is 17.8 Å². The second kappa shape index (κ2) is 5.73. The molecule has 0 saturated heterocycles. The first-order valence-electron chi connectivity index (χ1n) is 8.15. The molecular formula is C20H24N2O. The van der Waals surface area contributed by atoms with Gasteiger partial charge in [-0.05, 0) is 62.4 Å². The van der Waals surface area contributed by atoms with Gasteiger partial charge in [-0.2, -0.15) is 0 Å². The highest BCUT2D eigenvalue weighted by Crippen LogP contribution is 2.43. The van der Waals surface area contributed by atoms with Gasteiger partial charge in [0.1, 0.15) is 0 Å². The number of nitrogens with one attached hydrogen (secondary N) is 1. The Morgan fingerprint density at radius 2 is 1.87 bits per heavy atom. The number of anilines is 2. The Morgan fingerprint density at radius 1 is 1.17 bits per heavy atom. The maximum Gasteiger partial charge on any atom is 0.326 e. The first-order chi connectivity index (χ1) is 10.9. The normalized spacial score (nSPS) is 19.1. The third-order valence-electron chi connectivity index (χ3n) is 4.60. The maximum absolute atomic E-state index is 13.0. The Balaban J connectivity index is 2.00. The van der Waals surface area contributed by atoms with Crippen molar-refractivity contribution in [2.75, 3.05) is 10.2 Å². The molecule has 1 aliphatic rings. The van der Waals surface area contributed by atoms with Crippen molar-refractivity contribution in [2.24, 2.45) is 0 Å². The molecule has 2 aromatic carbocycles. The number of aryl methyl sites for hydroxylation is 1. The van der Waals surface area contributed by atoms with Crippen LogP contribution in [0.2, 0.25) is 0 Å². The average molecular weight is 308 g/mol. The minimum Gasteiger partial charge on any atom is -0.308 e. The van der Waals surface area contributed by atoms with E-state index in [1.54, 1.807) is 0 Å². The SMILES string of the molecule is Cc1ccc2c(c1)N(C(=O)Nc1ccccc1)C(C)(C)CC2C. The monoisotopic (exact) mass is 308 g/mol. The zero-order valence-electron chi connectivity index (χ0n) is 14.3. The van der Waals surface area contributed by atoms with Crippen LogP contribution in [0.5, 0.6) is 0 Å². The van der Waals surface area contributed by atoms with Crippen molar-refractivity contribution in [3.63, 3.8) is 0 Å². The van der Waals surface area contributed by atoms with Gasteiger partial charge in [0.25, 0.3) is 0 Å². The largest absolute Gasteiger partial charge is 0.326 e. The number of urea groups is 1. The van der Waals surface area contributed by atoms with E-state index >= 15 is 0 Å². The highest BCUT2D eigenvalue weighted by Gasteiger charge is 2.40. The molecule has 23 heavy (non-hydrogen) atoms. The Kier molecular flexibility index (Phi) is 3.88. The molecule has 0 radical (unpaired) electrons. The molecule has 2 amide bonds. The Hall–Kier alpha value is -2.29. The van der Waals surface area contributed by atoms with Crippen LogP contribution in [0.1, 0.15) is 44.2 Å². The van der Waals surface area contributed by atoms with E-state index in [4.69, 9.17) is 0 Å². The van der Waals surface area contributed by atoms with Crippen molar-refractivity contribution in [3.8, 4) is 0 Å². The fourth-order valence-corrected chi connectivity index (χ4v) is 3.63. The van der Waals surface area contributed by atoms with Gasteiger partial charge in [-0.15, -0.1) is 0 Å². The molecule has 0 aromatic heterocycles. The second-order valence-corrected chi connectivity index (χ2v) is 7.11. The standard InChI is InChI=1S/C20H24N2O/c1-14-10-11-17-15(2)13-20(3,4)22(18(17)12-14)19(23)21-16-8-6-5-7-9-16/h5-12,15H,13H2,1-4H3,(H,21,23). The van der Waals surface area contributed by atoms with Crippen LogP contribution in [0, 0.1) is 6.92 Å². The summed E-state index contributed by atoms with van der Waals surface area (Å²) in [6, 6.07) is 16.0. The van der Waals surface area contributed by atoms with E-state index in [1.165, 1.54) is 11.1 Å². The molecule has 0 bridgehead atoms. The van der Waals surface area contributed by atoms with Gasteiger partial charge in [0.15, 0.2) is 0 Å². The van der Waals surface area contributed by atoms with E-state index in [9.17, 15) is 4.79 Å². The molecule has 0 fully saturated rings. The molecule has 3 rings (SSSR count). The summed E-state index contributed by atoms with van der Waals surface area (Å²) in [5.41, 5.74) is 4.05. The number of rotatable bonds is 1. The van der Waals surface area contributed by atoms with Gasteiger partial charge in [-0.1, -0.05) is 37.3 Å². The summed E-state index contributed by atoms with van der Waals surface area (Å²) >= 11 is 0. The lowest BCUT2D eigenvalue weighted by Gasteiger charge is -2.45. The third-order valence-corrected chi connectivity index (χ3v) is 4.60. The number of amides is 2. The number of fused-ring (bicyclic) bond motifs is 1. The van der Waals surface area contributed by atoms with E-state index in [0.29, 0.717) is 5.92 Å². The lowest BCUT2D eigenvalue weighted by molar-refractivity contribution is 0.247. The number of para-hydroxylation sites is 1. The predicted molar refractivity (Wildman–Crippen MR) is 96.2 cm³/mol. The van der Waals surface area contributed by atoms with Crippen LogP contribution in [0.4, 0.5) is 16.2 Å². The summed E-state index contributed by atoms with van der Waals surface area (Å²) in [4.78, 5) is 14.9. The van der Waals surface area contributed by atoms with Crippen LogP contribution in [-0.2, 0) is 0 Å². The zero-order valence-corrected chi connectivity index (χ0v) is 14.3. The quantitative estimate of drug-likeness (QED) is 0.759. The third kappa shape index (κ3) is 2.96. The van der Waals surface area contributed by atoms with E-state index in [2.05, 4.69) is 51.2 Å². The van der Waals surface area contributed by atoms with Gasteiger partial charge in [-0.3, -0.25) is 4.90 Å². The first-order valence-corrected chi connectivity index (χ1v) is 8.15. The predicted octanol–water partition coefficient (Wildman–Crippen LogP) is 5.32. The van der Waals surface area contributed by atoms with Gasteiger partial charge in [0.2, 0.25) is 0 Å². The van der Waals surface area contributed by atoms with Crippen molar-refractivity contribution in [1.82, 2.24) is 0 Å². The molecule has 1 atom stereocenters. The first kappa shape index (κ1) is 15.6. The molecule has 3 nitrogen and oxygen atoms in total. The van der Waals surface area contributed by atoms with Gasteiger partial charge in [-0.25, -0.2) is 4.79 Å². The number of nitrogens with zero attached hydrogens (tertiary/aromatic N) is 1. The minimum absolute atomic E-state index is 0.0695. The summed E-state index contributed by atoms with van der Waals surface area (Å²) in [6.07, 6.45) is 0.950. The lowest BCUT2D eigenvalue weighted by Crippen LogP contribution is -2.53. The van der Waals surface area contributed by atoms with Crippen molar-refractivity contribution < 1.29 is 4.79 Å². The Labute approximate surface area is 138 Å². The summed E-state index contributed by atoms with van der Waals surface area (Å²) in [7, 11) is 0. The minimum atomic E-state index is -0.223. The summed E-state index contributed by atoms with van der Waals surface area (Å²) in [5.74, 6) is 0.446. The van der Waals surface area contributed by atoms with Crippen molar-refractivity contribution in [3.05, 3.63) is 59.7 Å². The van der Waals surface area contributed by atoms with Crippen molar-refractivity contribution in [2.45, 2.75) is 45.6 Å². The van der Waals surface area contributed by atoms with Crippen LogP contribution in [-0.4, -0.2) is 11.6 Å². The van der Waals surface area contributed by atoms with Crippen LogP contribution in [0.25, 0.3) is 0 Å². The highest BCUT2D eigenvalue weighted by molar-refractivity contribution is 6.03. The number of carbonyl (C=O) groups excluding carboxylic acids is 1. The fraction of sp³-hybridized carbons (Fsp3) is 0.350. The summed E-state index contributed by atoms with van der Waals surface area (Å²) in [6.45, 7) is 8.58. The van der Waals surface area contributed by atoms with E-state index in [-0.39, 0.29) is 11.6 Å². The Bertz CT molecular complexity index is 722. The van der Waals surface area contributed by atoms with Crippen LogP contribution in [0.15, 0.2) is 48.5 Å². The lowest BCUT2D eigenvalue weighted by atomic mass is 9.80.